The summed E-state index contributed by atoms with van der Waals surface area (Å²) >= 11 is 0.923. The van der Waals surface area contributed by atoms with Crippen molar-refractivity contribution in [3.8, 4) is 17.2 Å². The van der Waals surface area contributed by atoms with Crippen LogP contribution >= 0.6 is 11.3 Å². The number of aryl methyl sites for hydroxylation is 1. The first-order valence-electron chi connectivity index (χ1n) is 12.6. The number of Topliss-reactive ketones (excluding diaryl/α,β-unsaturated/α-hetero) is 1. The van der Waals surface area contributed by atoms with Crippen LogP contribution in [0.2, 0.25) is 0 Å². The van der Waals surface area contributed by atoms with E-state index < -0.39 is 23.7 Å². The minimum Gasteiger partial charge on any atom is -0.507 e. The standard InChI is InChI=1S/C29H30N2O8S/c1-6-7-14-39-19-11-8-17(9-12-19)24(32)22-23(18-10-13-20(36-3)21(15-18)37-4)31(27(34)25(22)33)29-30-16(2)26(40-29)28(35)38-5/h8-13,15,23,32H,6-7,14H2,1-5H3/b24-22-. The van der Waals surface area contributed by atoms with E-state index in [9.17, 15) is 19.5 Å². The number of esters is 1. The fraction of sp³-hybridized carbons (Fsp3) is 0.310. The zero-order chi connectivity index (χ0) is 29.0. The minimum atomic E-state index is -1.07. The molecule has 40 heavy (non-hydrogen) atoms. The Hall–Kier alpha value is -4.38. The summed E-state index contributed by atoms with van der Waals surface area (Å²) in [7, 11) is 4.21. The lowest BCUT2D eigenvalue weighted by atomic mass is 9.95. The number of thiazole rings is 1. The van der Waals surface area contributed by atoms with E-state index in [1.165, 1.54) is 26.2 Å². The SMILES string of the molecule is CCCCOc1ccc(/C(O)=C2/C(=O)C(=O)N(c3nc(C)c(C(=O)OC)s3)C2c2ccc(OC)c(OC)c2)cc1. The number of amides is 1. The van der Waals surface area contributed by atoms with Crippen molar-refractivity contribution in [2.45, 2.75) is 32.7 Å². The molecule has 210 valence electrons. The van der Waals surface area contributed by atoms with Gasteiger partial charge in [-0.15, -0.1) is 0 Å². The predicted molar refractivity (Wildman–Crippen MR) is 149 cm³/mol. The fourth-order valence-corrected chi connectivity index (χ4v) is 5.35. The number of aromatic nitrogens is 1. The molecule has 2 aromatic carbocycles. The fourth-order valence-electron chi connectivity index (χ4n) is 4.33. The summed E-state index contributed by atoms with van der Waals surface area (Å²) in [6, 6.07) is 10.5. The normalized spacial score (nSPS) is 16.2. The van der Waals surface area contributed by atoms with E-state index in [2.05, 4.69) is 11.9 Å². The van der Waals surface area contributed by atoms with Crippen molar-refractivity contribution in [2.24, 2.45) is 0 Å². The topological polar surface area (TPSA) is 124 Å². The second-order valence-electron chi connectivity index (χ2n) is 8.91. The number of ketones is 1. The summed E-state index contributed by atoms with van der Waals surface area (Å²) in [5.74, 6) is -1.33. The van der Waals surface area contributed by atoms with Crippen molar-refractivity contribution in [1.82, 2.24) is 4.98 Å². The van der Waals surface area contributed by atoms with Crippen molar-refractivity contribution >= 4 is 39.9 Å². The lowest BCUT2D eigenvalue weighted by Crippen LogP contribution is -2.29. The number of hydrogen-bond acceptors (Lipinski definition) is 10. The second-order valence-corrected chi connectivity index (χ2v) is 9.89. The van der Waals surface area contributed by atoms with Gasteiger partial charge in [-0.3, -0.25) is 14.5 Å². The summed E-state index contributed by atoms with van der Waals surface area (Å²) in [6.45, 7) is 4.24. The average molecular weight is 567 g/mol. The van der Waals surface area contributed by atoms with Crippen molar-refractivity contribution < 1.29 is 38.4 Å². The van der Waals surface area contributed by atoms with Gasteiger partial charge in [0.25, 0.3) is 5.78 Å². The maximum atomic E-state index is 13.5. The molecular formula is C29H30N2O8S. The highest BCUT2D eigenvalue weighted by molar-refractivity contribution is 7.17. The molecule has 1 aliphatic rings. The van der Waals surface area contributed by atoms with Crippen LogP contribution in [-0.4, -0.2) is 55.7 Å². The van der Waals surface area contributed by atoms with E-state index in [1.807, 2.05) is 0 Å². The van der Waals surface area contributed by atoms with Gasteiger partial charge in [-0.05, 0) is 55.3 Å². The molecule has 0 spiro atoms. The molecule has 4 rings (SSSR count). The number of aliphatic hydroxyl groups excluding tert-OH is 1. The molecule has 3 aromatic rings. The van der Waals surface area contributed by atoms with Gasteiger partial charge in [0.05, 0.1) is 45.2 Å². The van der Waals surface area contributed by atoms with Crippen molar-refractivity contribution in [2.75, 3.05) is 32.8 Å². The number of rotatable bonds is 10. The van der Waals surface area contributed by atoms with E-state index in [-0.39, 0.29) is 21.3 Å². The smallest absolute Gasteiger partial charge is 0.350 e. The largest absolute Gasteiger partial charge is 0.507 e. The number of methoxy groups -OCH3 is 3. The summed E-state index contributed by atoms with van der Waals surface area (Å²) < 4.78 is 21.3. The lowest BCUT2D eigenvalue weighted by molar-refractivity contribution is -0.132. The molecule has 1 fully saturated rings. The van der Waals surface area contributed by atoms with Gasteiger partial charge in [-0.1, -0.05) is 30.7 Å². The van der Waals surface area contributed by atoms with Gasteiger partial charge in [-0.2, -0.15) is 0 Å². The van der Waals surface area contributed by atoms with Crippen molar-refractivity contribution in [3.63, 3.8) is 0 Å². The Kier molecular flexibility index (Phi) is 8.73. The zero-order valence-electron chi connectivity index (χ0n) is 22.8. The summed E-state index contributed by atoms with van der Waals surface area (Å²) in [6.07, 6.45) is 1.90. The Balaban J connectivity index is 1.87. The first kappa shape index (κ1) is 28.6. The second kappa shape index (κ2) is 12.2. The van der Waals surface area contributed by atoms with Crippen LogP contribution in [0.15, 0.2) is 48.0 Å². The maximum Gasteiger partial charge on any atom is 0.350 e. The van der Waals surface area contributed by atoms with Crippen LogP contribution < -0.4 is 19.1 Å². The quantitative estimate of drug-likeness (QED) is 0.118. The average Bonchev–Trinajstić information content (AvgIpc) is 3.48. The number of ether oxygens (including phenoxy) is 4. The number of hydrogen-bond donors (Lipinski definition) is 1. The molecule has 10 nitrogen and oxygen atoms in total. The monoisotopic (exact) mass is 566 g/mol. The van der Waals surface area contributed by atoms with E-state index >= 15 is 0 Å². The van der Waals surface area contributed by atoms with Crippen LogP contribution in [0.4, 0.5) is 5.13 Å². The van der Waals surface area contributed by atoms with Crippen LogP contribution in [0.3, 0.4) is 0 Å². The highest BCUT2D eigenvalue weighted by atomic mass is 32.1. The van der Waals surface area contributed by atoms with E-state index in [0.717, 1.165) is 24.2 Å². The Morgan fingerprint density at radius 1 is 1.05 bits per heavy atom. The molecule has 1 N–H and O–H groups in total. The first-order valence-corrected chi connectivity index (χ1v) is 13.4. The van der Waals surface area contributed by atoms with Crippen molar-refractivity contribution in [3.05, 3.63) is 69.7 Å². The van der Waals surface area contributed by atoms with Gasteiger partial charge >= 0.3 is 11.9 Å². The molecule has 1 aromatic heterocycles. The van der Waals surface area contributed by atoms with E-state index in [4.69, 9.17) is 18.9 Å². The van der Waals surface area contributed by atoms with E-state index in [1.54, 1.807) is 49.4 Å². The first-order chi connectivity index (χ1) is 19.2. The predicted octanol–water partition coefficient (Wildman–Crippen LogP) is 5.06. The maximum absolute atomic E-state index is 13.5. The van der Waals surface area contributed by atoms with Gasteiger partial charge in [0.2, 0.25) is 0 Å². The van der Waals surface area contributed by atoms with Crippen LogP contribution in [0, 0.1) is 6.92 Å². The highest BCUT2D eigenvalue weighted by Crippen LogP contribution is 2.45. The van der Waals surface area contributed by atoms with Gasteiger partial charge in [0.15, 0.2) is 16.6 Å². The van der Waals surface area contributed by atoms with Gasteiger partial charge < -0.3 is 24.1 Å². The lowest BCUT2D eigenvalue weighted by Gasteiger charge is -2.23. The highest BCUT2D eigenvalue weighted by Gasteiger charge is 2.48. The molecule has 1 amide bonds. The molecule has 1 unspecified atom stereocenters. The van der Waals surface area contributed by atoms with Crippen LogP contribution in [0.25, 0.3) is 5.76 Å². The van der Waals surface area contributed by atoms with Crippen molar-refractivity contribution in [1.29, 1.82) is 0 Å². The molecule has 1 atom stereocenters. The van der Waals surface area contributed by atoms with Crippen LogP contribution in [0.1, 0.15) is 52.3 Å². The zero-order valence-corrected chi connectivity index (χ0v) is 23.7. The summed E-state index contributed by atoms with van der Waals surface area (Å²) in [5.41, 5.74) is 1.00. The molecule has 0 radical (unpaired) electrons. The number of aliphatic hydroxyl groups is 1. The number of anilines is 1. The molecular weight excluding hydrogens is 536 g/mol. The molecule has 0 aliphatic carbocycles. The molecule has 11 heteroatoms. The third-order valence-corrected chi connectivity index (χ3v) is 7.56. The van der Waals surface area contributed by atoms with Crippen LogP contribution in [0.5, 0.6) is 17.2 Å². The van der Waals surface area contributed by atoms with Crippen LogP contribution in [-0.2, 0) is 14.3 Å². The Labute approximate surface area is 235 Å². The third kappa shape index (κ3) is 5.37. The molecule has 2 heterocycles. The third-order valence-electron chi connectivity index (χ3n) is 6.42. The summed E-state index contributed by atoms with van der Waals surface area (Å²) in [4.78, 5) is 45.0. The number of carbonyl (C=O) groups excluding carboxylic acids is 3. The number of nitrogens with zero attached hydrogens (tertiary/aromatic N) is 2. The van der Waals surface area contributed by atoms with Gasteiger partial charge in [0.1, 0.15) is 16.4 Å². The van der Waals surface area contributed by atoms with E-state index in [0.29, 0.717) is 40.7 Å². The molecule has 1 aliphatic heterocycles. The molecule has 0 bridgehead atoms. The Morgan fingerprint density at radius 3 is 2.38 bits per heavy atom. The van der Waals surface area contributed by atoms with Gasteiger partial charge in [0, 0.05) is 5.56 Å². The minimum absolute atomic E-state index is 0.110. The Bertz CT molecular complexity index is 1460. The molecule has 0 saturated carbocycles. The molecule has 1 saturated heterocycles. The number of unbranched alkanes of at least 4 members (excludes halogenated alkanes) is 1. The van der Waals surface area contributed by atoms with Gasteiger partial charge in [-0.25, -0.2) is 9.78 Å². The Morgan fingerprint density at radius 2 is 1.75 bits per heavy atom. The number of carbonyl (C=O) groups is 3. The number of benzene rings is 2. The summed E-state index contributed by atoms with van der Waals surface area (Å²) in [5, 5.41) is 11.5.